The van der Waals surface area contributed by atoms with Gasteiger partial charge in [0.05, 0.1) is 10.6 Å². The molecule has 0 aromatic heterocycles. The average Bonchev–Trinajstić information content (AvgIpc) is 2.99. The van der Waals surface area contributed by atoms with Gasteiger partial charge in [0.15, 0.2) is 0 Å². The molecule has 0 spiro atoms. The third-order valence-electron chi connectivity index (χ3n) is 8.06. The molecule has 0 heterocycles. The molecule has 1 saturated carbocycles. The SMILES string of the molecule is Cc1cccc(N(CC(=O)N(CCc2ccccc2)[C@@H](C)C(=O)NC2CCCCC2)S(=O)(=O)c2ccccc2)c1C. The highest BCUT2D eigenvalue weighted by molar-refractivity contribution is 7.92. The first-order chi connectivity index (χ1) is 19.7. The van der Waals surface area contributed by atoms with Gasteiger partial charge in [-0.15, -0.1) is 0 Å². The Balaban J connectivity index is 1.66. The summed E-state index contributed by atoms with van der Waals surface area (Å²) in [5, 5.41) is 3.15. The van der Waals surface area contributed by atoms with Crippen molar-refractivity contribution in [1.82, 2.24) is 10.2 Å². The number of anilines is 1. The van der Waals surface area contributed by atoms with E-state index < -0.39 is 28.5 Å². The van der Waals surface area contributed by atoms with Crippen LogP contribution in [0.25, 0.3) is 0 Å². The molecule has 4 rings (SSSR count). The quantitative estimate of drug-likeness (QED) is 0.331. The minimum Gasteiger partial charge on any atom is -0.352 e. The first-order valence-electron chi connectivity index (χ1n) is 14.5. The van der Waals surface area contributed by atoms with Crippen LogP contribution in [0.2, 0.25) is 0 Å². The first kappa shape index (κ1) is 30.3. The molecule has 2 amide bonds. The predicted molar refractivity (Wildman–Crippen MR) is 163 cm³/mol. The minimum atomic E-state index is -4.07. The lowest BCUT2D eigenvalue weighted by molar-refractivity contribution is -0.139. The van der Waals surface area contributed by atoms with Gasteiger partial charge in [0.25, 0.3) is 10.0 Å². The highest BCUT2D eigenvalue weighted by Crippen LogP contribution is 2.29. The van der Waals surface area contributed by atoms with Gasteiger partial charge < -0.3 is 10.2 Å². The molecule has 3 aromatic rings. The van der Waals surface area contributed by atoms with Crippen LogP contribution >= 0.6 is 0 Å². The van der Waals surface area contributed by atoms with E-state index in [1.165, 1.54) is 27.8 Å². The second-order valence-corrected chi connectivity index (χ2v) is 12.7. The van der Waals surface area contributed by atoms with E-state index in [9.17, 15) is 18.0 Å². The molecule has 0 unspecified atom stereocenters. The Morgan fingerprint density at radius 2 is 1.51 bits per heavy atom. The summed E-state index contributed by atoms with van der Waals surface area (Å²) in [7, 11) is -4.07. The second-order valence-electron chi connectivity index (χ2n) is 10.9. The van der Waals surface area contributed by atoms with Crippen molar-refractivity contribution >= 4 is 27.5 Å². The van der Waals surface area contributed by atoms with E-state index in [-0.39, 0.29) is 23.4 Å². The lowest BCUT2D eigenvalue weighted by Gasteiger charge is -2.33. The summed E-state index contributed by atoms with van der Waals surface area (Å²) in [5.74, 6) is -0.629. The minimum absolute atomic E-state index is 0.104. The summed E-state index contributed by atoms with van der Waals surface area (Å²) in [6.07, 6.45) is 5.75. The van der Waals surface area contributed by atoms with Gasteiger partial charge in [-0.1, -0.05) is 79.9 Å². The van der Waals surface area contributed by atoms with Crippen LogP contribution in [0.15, 0.2) is 83.8 Å². The van der Waals surface area contributed by atoms with Crippen LogP contribution < -0.4 is 9.62 Å². The van der Waals surface area contributed by atoms with Gasteiger partial charge in [-0.25, -0.2) is 8.42 Å². The van der Waals surface area contributed by atoms with Crippen molar-refractivity contribution in [3.05, 3.63) is 95.6 Å². The van der Waals surface area contributed by atoms with Gasteiger partial charge >= 0.3 is 0 Å². The Labute approximate surface area is 244 Å². The van der Waals surface area contributed by atoms with Crippen molar-refractivity contribution in [2.45, 2.75) is 76.3 Å². The Morgan fingerprint density at radius 3 is 2.17 bits per heavy atom. The van der Waals surface area contributed by atoms with Crippen LogP contribution in [0, 0.1) is 13.8 Å². The number of nitrogens with zero attached hydrogens (tertiary/aromatic N) is 2. The van der Waals surface area contributed by atoms with Gasteiger partial charge in [0.2, 0.25) is 11.8 Å². The standard InChI is InChI=1S/C33H41N3O4S/c1-25-14-13-21-31(26(25)2)36(41(39,40)30-19-11-6-12-20-30)24-32(37)35(23-22-28-15-7-4-8-16-28)27(3)33(38)34-29-17-9-5-10-18-29/h4,6-8,11-16,19-21,27,29H,5,9-10,17-18,22-24H2,1-3H3,(H,34,38)/t27-/m0/s1. The van der Waals surface area contributed by atoms with Crippen molar-refractivity contribution < 1.29 is 18.0 Å². The van der Waals surface area contributed by atoms with Crippen molar-refractivity contribution in [1.29, 1.82) is 0 Å². The summed E-state index contributed by atoms with van der Waals surface area (Å²) in [6, 6.07) is 22.7. The highest BCUT2D eigenvalue weighted by Gasteiger charge is 2.33. The molecule has 0 aliphatic heterocycles. The Hall–Kier alpha value is -3.65. The highest BCUT2D eigenvalue weighted by atomic mass is 32.2. The number of sulfonamides is 1. The van der Waals surface area contributed by atoms with Crippen molar-refractivity contribution in [2.75, 3.05) is 17.4 Å². The predicted octanol–water partition coefficient (Wildman–Crippen LogP) is 5.41. The maximum absolute atomic E-state index is 14.1. The molecule has 1 fully saturated rings. The van der Waals surface area contributed by atoms with Crippen LogP contribution in [0.5, 0.6) is 0 Å². The first-order valence-corrected chi connectivity index (χ1v) is 15.9. The molecule has 41 heavy (non-hydrogen) atoms. The molecule has 0 bridgehead atoms. The molecular formula is C33H41N3O4S. The van der Waals surface area contributed by atoms with Crippen LogP contribution in [-0.4, -0.2) is 50.3 Å². The molecular weight excluding hydrogens is 534 g/mol. The van der Waals surface area contributed by atoms with Gasteiger partial charge in [0.1, 0.15) is 12.6 Å². The van der Waals surface area contributed by atoms with E-state index in [2.05, 4.69) is 5.32 Å². The molecule has 8 heteroatoms. The van der Waals surface area contributed by atoms with E-state index in [4.69, 9.17) is 0 Å². The number of nitrogens with one attached hydrogen (secondary N) is 1. The number of carbonyl (C=O) groups excluding carboxylic acids is 2. The molecule has 218 valence electrons. The number of hydrogen-bond acceptors (Lipinski definition) is 4. The van der Waals surface area contributed by atoms with Gasteiger partial charge in [0, 0.05) is 12.6 Å². The number of benzene rings is 3. The number of hydrogen-bond donors (Lipinski definition) is 1. The van der Waals surface area contributed by atoms with Crippen LogP contribution in [-0.2, 0) is 26.0 Å². The zero-order chi connectivity index (χ0) is 29.4. The number of aryl methyl sites for hydroxylation is 1. The van der Waals surface area contributed by atoms with Crippen molar-refractivity contribution in [3.8, 4) is 0 Å². The van der Waals surface area contributed by atoms with Crippen LogP contribution in [0.1, 0.15) is 55.7 Å². The lowest BCUT2D eigenvalue weighted by atomic mass is 9.95. The van der Waals surface area contributed by atoms with E-state index in [0.29, 0.717) is 12.1 Å². The Morgan fingerprint density at radius 1 is 0.878 bits per heavy atom. The second kappa shape index (κ2) is 13.8. The summed E-state index contributed by atoms with van der Waals surface area (Å²) in [4.78, 5) is 29.1. The van der Waals surface area contributed by atoms with Crippen molar-refractivity contribution in [3.63, 3.8) is 0 Å². The monoisotopic (exact) mass is 575 g/mol. The molecule has 3 aromatic carbocycles. The fraction of sp³-hybridized carbons (Fsp3) is 0.394. The van der Waals surface area contributed by atoms with Gasteiger partial charge in [-0.2, -0.15) is 0 Å². The molecule has 7 nitrogen and oxygen atoms in total. The summed E-state index contributed by atoms with van der Waals surface area (Å²) >= 11 is 0. The number of rotatable bonds is 11. The molecule has 0 radical (unpaired) electrons. The number of amides is 2. The molecule has 1 aliphatic carbocycles. The van der Waals surface area contributed by atoms with Gasteiger partial charge in [-0.3, -0.25) is 13.9 Å². The zero-order valence-electron chi connectivity index (χ0n) is 24.3. The largest absolute Gasteiger partial charge is 0.352 e. The lowest BCUT2D eigenvalue weighted by Crippen LogP contribution is -2.53. The fourth-order valence-corrected chi connectivity index (χ4v) is 6.87. The fourth-order valence-electron chi connectivity index (χ4n) is 5.38. The van der Waals surface area contributed by atoms with E-state index >= 15 is 0 Å². The zero-order valence-corrected chi connectivity index (χ0v) is 25.1. The molecule has 0 saturated heterocycles. The van der Waals surface area contributed by atoms with E-state index in [1.807, 2.05) is 50.2 Å². The Kier molecular flexibility index (Phi) is 10.2. The Bertz CT molecular complexity index is 1420. The molecule has 1 atom stereocenters. The van der Waals surface area contributed by atoms with E-state index in [1.54, 1.807) is 37.3 Å². The van der Waals surface area contributed by atoms with Crippen LogP contribution in [0.3, 0.4) is 0 Å². The molecule has 1 N–H and O–H groups in total. The maximum Gasteiger partial charge on any atom is 0.264 e. The van der Waals surface area contributed by atoms with Crippen molar-refractivity contribution in [2.24, 2.45) is 0 Å². The number of carbonyl (C=O) groups is 2. The smallest absolute Gasteiger partial charge is 0.264 e. The third-order valence-corrected chi connectivity index (χ3v) is 9.83. The topological polar surface area (TPSA) is 86.8 Å². The van der Waals surface area contributed by atoms with E-state index in [0.717, 1.165) is 42.4 Å². The third kappa shape index (κ3) is 7.55. The average molecular weight is 576 g/mol. The van der Waals surface area contributed by atoms with Crippen LogP contribution in [0.4, 0.5) is 5.69 Å². The molecule has 1 aliphatic rings. The normalized spacial score (nSPS) is 14.7. The summed E-state index contributed by atoms with van der Waals surface area (Å²) in [6.45, 7) is 5.37. The maximum atomic E-state index is 14.1. The summed E-state index contributed by atoms with van der Waals surface area (Å²) in [5.41, 5.74) is 3.18. The summed E-state index contributed by atoms with van der Waals surface area (Å²) < 4.78 is 29.1. The van der Waals surface area contributed by atoms with Gasteiger partial charge in [-0.05, 0) is 74.9 Å².